The van der Waals surface area contributed by atoms with Crippen molar-refractivity contribution in [2.75, 3.05) is 38.3 Å². The van der Waals surface area contributed by atoms with E-state index in [2.05, 4.69) is 11.4 Å². The second-order valence-electron chi connectivity index (χ2n) is 5.64. The van der Waals surface area contributed by atoms with Crippen molar-refractivity contribution in [1.82, 2.24) is 4.31 Å². The zero-order valence-electron chi connectivity index (χ0n) is 12.7. The minimum absolute atomic E-state index is 0.361. The van der Waals surface area contributed by atoms with Crippen LogP contribution in [0.5, 0.6) is 0 Å². The lowest BCUT2D eigenvalue weighted by atomic mass is 9.99. The number of anilines is 1. The third-order valence-electron chi connectivity index (χ3n) is 3.78. The second kappa shape index (κ2) is 7.24. The third kappa shape index (κ3) is 4.98. The van der Waals surface area contributed by atoms with Crippen molar-refractivity contribution in [2.24, 2.45) is 5.92 Å². The first-order chi connectivity index (χ1) is 9.99. The topological polar surface area (TPSA) is 58.6 Å². The Hall–Kier alpha value is -1.11. The Morgan fingerprint density at radius 3 is 2.95 bits per heavy atom. The van der Waals surface area contributed by atoms with Gasteiger partial charge < -0.3 is 10.1 Å². The quantitative estimate of drug-likeness (QED) is 0.872. The Balaban J connectivity index is 1.89. The van der Waals surface area contributed by atoms with E-state index in [4.69, 9.17) is 4.74 Å². The first-order valence-electron chi connectivity index (χ1n) is 7.26. The van der Waals surface area contributed by atoms with Crippen molar-refractivity contribution in [2.45, 2.75) is 19.4 Å². The van der Waals surface area contributed by atoms with Gasteiger partial charge in [-0.05, 0) is 36.5 Å². The van der Waals surface area contributed by atoms with Gasteiger partial charge >= 0.3 is 0 Å². The van der Waals surface area contributed by atoms with Gasteiger partial charge in [-0.1, -0.05) is 12.1 Å². The molecule has 2 rings (SSSR count). The molecule has 0 bridgehead atoms. The first kappa shape index (κ1) is 16.3. The standard InChI is InChI=1S/C15H24N2O3S/c1-20-12-13-5-3-7-15(9-13)16-10-14-6-4-8-17(11-14)21(2,18)19/h3,5,7,9,14,16H,4,6,8,10-12H2,1-2H3. The van der Waals surface area contributed by atoms with Gasteiger partial charge in [0.2, 0.25) is 10.0 Å². The highest BCUT2D eigenvalue weighted by molar-refractivity contribution is 7.88. The molecule has 1 heterocycles. The Bertz CT molecular complexity index is 560. The Morgan fingerprint density at radius 1 is 1.43 bits per heavy atom. The van der Waals surface area contributed by atoms with E-state index in [0.29, 0.717) is 25.6 Å². The molecule has 1 aliphatic heterocycles. The Labute approximate surface area is 127 Å². The van der Waals surface area contributed by atoms with Crippen molar-refractivity contribution in [3.8, 4) is 0 Å². The Morgan fingerprint density at radius 2 is 2.24 bits per heavy atom. The number of benzene rings is 1. The highest BCUT2D eigenvalue weighted by Gasteiger charge is 2.25. The smallest absolute Gasteiger partial charge is 0.211 e. The van der Waals surface area contributed by atoms with Crippen molar-refractivity contribution in [1.29, 1.82) is 0 Å². The molecule has 0 radical (unpaired) electrons. The molecule has 0 spiro atoms. The number of ether oxygens (including phenoxy) is 1. The van der Waals surface area contributed by atoms with Gasteiger partial charge in [0.15, 0.2) is 0 Å². The second-order valence-corrected chi connectivity index (χ2v) is 7.63. The average molecular weight is 312 g/mol. The number of rotatable bonds is 6. The third-order valence-corrected chi connectivity index (χ3v) is 5.05. The molecular formula is C15H24N2O3S. The van der Waals surface area contributed by atoms with E-state index in [0.717, 1.165) is 30.6 Å². The summed E-state index contributed by atoms with van der Waals surface area (Å²) in [6.07, 6.45) is 3.29. The van der Waals surface area contributed by atoms with Crippen LogP contribution in [0, 0.1) is 5.92 Å². The molecule has 0 amide bonds. The predicted octanol–water partition coefficient (Wildman–Crippen LogP) is 1.92. The van der Waals surface area contributed by atoms with Crippen molar-refractivity contribution in [3.63, 3.8) is 0 Å². The molecule has 1 fully saturated rings. The summed E-state index contributed by atoms with van der Waals surface area (Å²) in [4.78, 5) is 0. The summed E-state index contributed by atoms with van der Waals surface area (Å²) in [7, 11) is -1.38. The van der Waals surface area contributed by atoms with E-state index >= 15 is 0 Å². The largest absolute Gasteiger partial charge is 0.385 e. The molecule has 0 aromatic heterocycles. The number of methoxy groups -OCH3 is 1. The van der Waals surface area contributed by atoms with Crippen LogP contribution in [0.15, 0.2) is 24.3 Å². The number of sulfonamides is 1. The highest BCUT2D eigenvalue weighted by Crippen LogP contribution is 2.20. The summed E-state index contributed by atoms with van der Waals surface area (Å²) in [6, 6.07) is 8.12. The number of nitrogens with one attached hydrogen (secondary N) is 1. The first-order valence-corrected chi connectivity index (χ1v) is 9.11. The van der Waals surface area contributed by atoms with E-state index in [1.54, 1.807) is 11.4 Å². The lowest BCUT2D eigenvalue weighted by Crippen LogP contribution is -2.41. The minimum Gasteiger partial charge on any atom is -0.385 e. The van der Waals surface area contributed by atoms with Crippen LogP contribution in [0.2, 0.25) is 0 Å². The van der Waals surface area contributed by atoms with Crippen LogP contribution in [0.1, 0.15) is 18.4 Å². The SMILES string of the molecule is COCc1cccc(NCC2CCCN(S(C)(=O)=O)C2)c1. The monoisotopic (exact) mass is 312 g/mol. The van der Waals surface area contributed by atoms with Crippen molar-refractivity contribution in [3.05, 3.63) is 29.8 Å². The van der Waals surface area contributed by atoms with E-state index in [-0.39, 0.29) is 0 Å². The van der Waals surface area contributed by atoms with Gasteiger partial charge in [-0.15, -0.1) is 0 Å². The number of hydrogen-bond donors (Lipinski definition) is 1. The van der Waals surface area contributed by atoms with Gasteiger partial charge in [0.1, 0.15) is 0 Å². The summed E-state index contributed by atoms with van der Waals surface area (Å²) in [5.41, 5.74) is 2.19. The summed E-state index contributed by atoms with van der Waals surface area (Å²) in [5.74, 6) is 0.361. The molecule has 1 aromatic carbocycles. The van der Waals surface area contributed by atoms with Crippen molar-refractivity contribution < 1.29 is 13.2 Å². The number of hydrogen-bond acceptors (Lipinski definition) is 4. The van der Waals surface area contributed by atoms with Crippen LogP contribution in [0.25, 0.3) is 0 Å². The fourth-order valence-corrected chi connectivity index (χ4v) is 3.64. The van der Waals surface area contributed by atoms with Gasteiger partial charge in [0.05, 0.1) is 12.9 Å². The molecule has 21 heavy (non-hydrogen) atoms. The maximum absolute atomic E-state index is 11.6. The van der Waals surface area contributed by atoms with Gasteiger partial charge in [-0.2, -0.15) is 0 Å². The number of piperidine rings is 1. The zero-order valence-corrected chi connectivity index (χ0v) is 13.5. The molecule has 5 nitrogen and oxygen atoms in total. The summed E-state index contributed by atoms with van der Waals surface area (Å²) in [6.45, 7) is 2.66. The molecular weight excluding hydrogens is 288 g/mol. The van der Waals surface area contributed by atoms with Crippen LogP contribution >= 0.6 is 0 Å². The minimum atomic E-state index is -3.07. The number of nitrogens with zero attached hydrogens (tertiary/aromatic N) is 1. The maximum Gasteiger partial charge on any atom is 0.211 e. The zero-order chi connectivity index (χ0) is 15.3. The van der Waals surface area contributed by atoms with Gasteiger partial charge in [-0.25, -0.2) is 12.7 Å². The maximum atomic E-state index is 11.6. The summed E-state index contributed by atoms with van der Waals surface area (Å²) >= 11 is 0. The summed E-state index contributed by atoms with van der Waals surface area (Å²) in [5, 5.41) is 3.41. The fraction of sp³-hybridized carbons (Fsp3) is 0.600. The normalized spacial score (nSPS) is 20.4. The molecule has 1 atom stereocenters. The van der Waals surface area contributed by atoms with Crippen LogP contribution < -0.4 is 5.32 Å². The lowest BCUT2D eigenvalue weighted by molar-refractivity contribution is 0.185. The molecule has 1 N–H and O–H groups in total. The molecule has 6 heteroatoms. The van der Waals surface area contributed by atoms with Crippen molar-refractivity contribution >= 4 is 15.7 Å². The fourth-order valence-electron chi connectivity index (χ4n) is 2.69. The van der Waals surface area contributed by atoms with E-state index in [1.165, 1.54) is 6.26 Å². The molecule has 0 saturated carbocycles. The molecule has 1 aliphatic rings. The lowest BCUT2D eigenvalue weighted by Gasteiger charge is -2.31. The van der Waals surface area contributed by atoms with Crippen LogP contribution in [-0.4, -0.2) is 45.7 Å². The van der Waals surface area contributed by atoms with E-state index in [1.807, 2.05) is 18.2 Å². The molecule has 1 aromatic rings. The van der Waals surface area contributed by atoms with Crippen LogP contribution in [0.4, 0.5) is 5.69 Å². The molecule has 0 aliphatic carbocycles. The van der Waals surface area contributed by atoms with Gasteiger partial charge in [-0.3, -0.25) is 0 Å². The highest BCUT2D eigenvalue weighted by atomic mass is 32.2. The van der Waals surface area contributed by atoms with Gasteiger partial charge in [0.25, 0.3) is 0 Å². The Kier molecular flexibility index (Phi) is 5.61. The van der Waals surface area contributed by atoms with E-state index < -0.39 is 10.0 Å². The van der Waals surface area contributed by atoms with E-state index in [9.17, 15) is 8.42 Å². The van der Waals surface area contributed by atoms with Crippen LogP contribution in [0.3, 0.4) is 0 Å². The molecule has 1 unspecified atom stereocenters. The average Bonchev–Trinajstić information content (AvgIpc) is 2.45. The van der Waals surface area contributed by atoms with Gasteiger partial charge in [0, 0.05) is 32.4 Å². The van der Waals surface area contributed by atoms with Crippen LogP contribution in [-0.2, 0) is 21.4 Å². The predicted molar refractivity (Wildman–Crippen MR) is 84.8 cm³/mol. The molecule has 118 valence electrons. The summed E-state index contributed by atoms with van der Waals surface area (Å²) < 4.78 is 29.9. The molecule has 1 saturated heterocycles.